The predicted molar refractivity (Wildman–Crippen MR) is 75.2 cm³/mol. The summed E-state index contributed by atoms with van der Waals surface area (Å²) in [6.07, 6.45) is 2.61. The van der Waals surface area contributed by atoms with Crippen molar-refractivity contribution in [1.82, 2.24) is 4.90 Å². The molecule has 0 radical (unpaired) electrons. The van der Waals surface area contributed by atoms with Gasteiger partial charge in [0.1, 0.15) is 0 Å². The van der Waals surface area contributed by atoms with Crippen molar-refractivity contribution in [1.29, 1.82) is 0 Å². The summed E-state index contributed by atoms with van der Waals surface area (Å²) in [5.41, 5.74) is 5.84. The Balaban J connectivity index is 2.11. The van der Waals surface area contributed by atoms with Gasteiger partial charge in [-0.3, -0.25) is 4.90 Å². The molecule has 0 aliphatic carbocycles. The molecule has 0 bridgehead atoms. The monoisotopic (exact) mass is 252 g/mol. The number of rotatable bonds is 4. The van der Waals surface area contributed by atoms with Crippen molar-refractivity contribution in [2.24, 2.45) is 17.6 Å². The summed E-state index contributed by atoms with van der Waals surface area (Å²) in [6, 6.07) is 5.03. The van der Waals surface area contributed by atoms with Crippen LogP contribution in [-0.4, -0.2) is 24.5 Å². The third-order valence-electron chi connectivity index (χ3n) is 3.74. The van der Waals surface area contributed by atoms with Crippen LogP contribution in [0.1, 0.15) is 37.6 Å². The Kier molecular flexibility index (Phi) is 4.60. The van der Waals surface area contributed by atoms with Crippen molar-refractivity contribution in [3.8, 4) is 0 Å². The third kappa shape index (κ3) is 3.09. The van der Waals surface area contributed by atoms with Gasteiger partial charge in [0.25, 0.3) is 0 Å². The molecule has 2 nitrogen and oxygen atoms in total. The number of nitrogens with zero attached hydrogens (tertiary/aromatic N) is 1. The van der Waals surface area contributed by atoms with Crippen molar-refractivity contribution in [2.45, 2.75) is 32.7 Å². The largest absolute Gasteiger partial charge is 0.330 e. The summed E-state index contributed by atoms with van der Waals surface area (Å²) in [4.78, 5) is 4.16. The molecule has 0 aromatic carbocycles. The van der Waals surface area contributed by atoms with Gasteiger partial charge in [0.2, 0.25) is 0 Å². The molecule has 2 unspecified atom stereocenters. The molecule has 0 amide bonds. The maximum absolute atomic E-state index is 5.84. The predicted octanol–water partition coefficient (Wildman–Crippen LogP) is 3.12. The van der Waals surface area contributed by atoms with Crippen molar-refractivity contribution in [3.63, 3.8) is 0 Å². The first-order valence-electron chi connectivity index (χ1n) is 6.70. The van der Waals surface area contributed by atoms with E-state index >= 15 is 0 Å². The minimum absolute atomic E-state index is 0.587. The Bertz CT molecular complexity index is 321. The standard InChI is InChI=1S/C14H24N2S/c1-11(2)14(13-6-4-8-17-13)16-7-3-5-12(9-15)10-16/h4,6,8,11-12,14H,3,5,7,9-10,15H2,1-2H3. The summed E-state index contributed by atoms with van der Waals surface area (Å²) < 4.78 is 0. The van der Waals surface area contributed by atoms with Gasteiger partial charge in [0.15, 0.2) is 0 Å². The van der Waals surface area contributed by atoms with Crippen molar-refractivity contribution >= 4 is 11.3 Å². The summed E-state index contributed by atoms with van der Waals surface area (Å²) in [7, 11) is 0. The van der Waals surface area contributed by atoms with Gasteiger partial charge in [-0.1, -0.05) is 19.9 Å². The lowest BCUT2D eigenvalue weighted by Gasteiger charge is -2.39. The highest BCUT2D eigenvalue weighted by atomic mass is 32.1. The second-order valence-electron chi connectivity index (χ2n) is 5.44. The van der Waals surface area contributed by atoms with E-state index in [2.05, 4.69) is 36.3 Å². The van der Waals surface area contributed by atoms with Crippen molar-refractivity contribution in [2.75, 3.05) is 19.6 Å². The van der Waals surface area contributed by atoms with Gasteiger partial charge in [0, 0.05) is 17.5 Å². The average Bonchev–Trinajstić information content (AvgIpc) is 2.83. The van der Waals surface area contributed by atoms with Gasteiger partial charge in [-0.15, -0.1) is 11.3 Å². The fourth-order valence-electron chi connectivity index (χ4n) is 2.93. The Morgan fingerprint density at radius 2 is 2.35 bits per heavy atom. The first-order chi connectivity index (χ1) is 8.22. The van der Waals surface area contributed by atoms with Crippen LogP contribution in [0.4, 0.5) is 0 Å². The number of thiophene rings is 1. The Morgan fingerprint density at radius 1 is 1.53 bits per heavy atom. The molecule has 1 aromatic rings. The molecule has 0 saturated carbocycles. The Morgan fingerprint density at radius 3 is 2.94 bits per heavy atom. The highest BCUT2D eigenvalue weighted by molar-refractivity contribution is 7.10. The minimum atomic E-state index is 0.587. The SMILES string of the molecule is CC(C)C(c1cccs1)N1CCCC(CN)C1. The molecule has 1 aromatic heterocycles. The highest BCUT2D eigenvalue weighted by Gasteiger charge is 2.28. The number of likely N-dealkylation sites (tertiary alicyclic amines) is 1. The van der Waals surface area contributed by atoms with Gasteiger partial charge in [0.05, 0.1) is 0 Å². The van der Waals surface area contributed by atoms with Crippen LogP contribution in [-0.2, 0) is 0 Å². The fraction of sp³-hybridized carbons (Fsp3) is 0.714. The second-order valence-corrected chi connectivity index (χ2v) is 6.42. The molecule has 2 atom stereocenters. The van der Waals surface area contributed by atoms with Crippen LogP contribution >= 0.6 is 11.3 Å². The van der Waals surface area contributed by atoms with Gasteiger partial charge in [-0.05, 0) is 49.2 Å². The second kappa shape index (κ2) is 5.98. The maximum Gasteiger partial charge on any atom is 0.0464 e. The maximum atomic E-state index is 5.84. The molecule has 1 saturated heterocycles. The van der Waals surface area contributed by atoms with Crippen LogP contribution in [0.5, 0.6) is 0 Å². The molecular formula is C14H24N2S. The zero-order valence-corrected chi connectivity index (χ0v) is 11.7. The summed E-state index contributed by atoms with van der Waals surface area (Å²) in [5, 5.41) is 2.19. The molecule has 2 rings (SSSR count). The van der Waals surface area contributed by atoms with Crippen LogP contribution in [0, 0.1) is 11.8 Å². The number of nitrogens with two attached hydrogens (primary N) is 1. The minimum Gasteiger partial charge on any atom is -0.330 e. The lowest BCUT2D eigenvalue weighted by molar-refractivity contribution is 0.0999. The first-order valence-corrected chi connectivity index (χ1v) is 7.58. The number of hydrogen-bond acceptors (Lipinski definition) is 3. The zero-order valence-electron chi connectivity index (χ0n) is 10.9. The molecule has 96 valence electrons. The average molecular weight is 252 g/mol. The molecule has 1 aliphatic heterocycles. The molecule has 17 heavy (non-hydrogen) atoms. The van der Waals surface area contributed by atoms with Crippen molar-refractivity contribution < 1.29 is 0 Å². The smallest absolute Gasteiger partial charge is 0.0464 e. The van der Waals surface area contributed by atoms with E-state index in [4.69, 9.17) is 5.73 Å². The van der Waals surface area contributed by atoms with E-state index in [1.165, 1.54) is 30.8 Å². The Labute approximate surface area is 109 Å². The lowest BCUT2D eigenvalue weighted by Crippen LogP contribution is -2.41. The van der Waals surface area contributed by atoms with E-state index in [1.54, 1.807) is 0 Å². The highest BCUT2D eigenvalue weighted by Crippen LogP contribution is 2.34. The van der Waals surface area contributed by atoms with Crippen LogP contribution in [0.2, 0.25) is 0 Å². The van der Waals surface area contributed by atoms with Crippen LogP contribution in [0.3, 0.4) is 0 Å². The number of piperidine rings is 1. The van der Waals surface area contributed by atoms with E-state index in [0.717, 1.165) is 6.54 Å². The zero-order chi connectivity index (χ0) is 12.3. The third-order valence-corrected chi connectivity index (χ3v) is 4.69. The van der Waals surface area contributed by atoms with Gasteiger partial charge in [-0.25, -0.2) is 0 Å². The fourth-order valence-corrected chi connectivity index (χ4v) is 3.96. The molecule has 1 aliphatic rings. The van der Waals surface area contributed by atoms with Crippen LogP contribution < -0.4 is 5.73 Å². The molecule has 2 heterocycles. The van der Waals surface area contributed by atoms with E-state index in [9.17, 15) is 0 Å². The first kappa shape index (κ1) is 13.1. The molecule has 0 spiro atoms. The molecule has 1 fully saturated rings. The van der Waals surface area contributed by atoms with E-state index < -0.39 is 0 Å². The van der Waals surface area contributed by atoms with Gasteiger partial charge < -0.3 is 5.73 Å². The Hall–Kier alpha value is -0.380. The summed E-state index contributed by atoms with van der Waals surface area (Å²) >= 11 is 1.89. The lowest BCUT2D eigenvalue weighted by atomic mass is 9.93. The van der Waals surface area contributed by atoms with E-state index in [1.807, 2.05) is 11.3 Å². The molecular weight excluding hydrogens is 228 g/mol. The number of hydrogen-bond donors (Lipinski definition) is 1. The van der Waals surface area contributed by atoms with E-state index in [0.29, 0.717) is 17.9 Å². The van der Waals surface area contributed by atoms with E-state index in [-0.39, 0.29) is 0 Å². The van der Waals surface area contributed by atoms with Crippen LogP contribution in [0.25, 0.3) is 0 Å². The molecule has 3 heteroatoms. The van der Waals surface area contributed by atoms with Crippen molar-refractivity contribution in [3.05, 3.63) is 22.4 Å². The normalized spacial score (nSPS) is 24.1. The van der Waals surface area contributed by atoms with Gasteiger partial charge in [-0.2, -0.15) is 0 Å². The quantitative estimate of drug-likeness (QED) is 0.892. The summed E-state index contributed by atoms with van der Waals surface area (Å²) in [6.45, 7) is 7.91. The topological polar surface area (TPSA) is 29.3 Å². The van der Waals surface area contributed by atoms with Crippen LogP contribution in [0.15, 0.2) is 17.5 Å². The summed E-state index contributed by atoms with van der Waals surface area (Å²) in [5.74, 6) is 1.37. The van der Waals surface area contributed by atoms with Gasteiger partial charge >= 0.3 is 0 Å². The molecule has 2 N–H and O–H groups in total.